The summed E-state index contributed by atoms with van der Waals surface area (Å²) < 4.78 is 17.0. The van der Waals surface area contributed by atoms with E-state index >= 15 is 0 Å². The van der Waals surface area contributed by atoms with Crippen LogP contribution >= 0.6 is 0 Å². The lowest BCUT2D eigenvalue weighted by molar-refractivity contribution is -0.247. The zero-order valence-electron chi connectivity index (χ0n) is 29.7. The molecule has 3 fully saturated rings. The summed E-state index contributed by atoms with van der Waals surface area (Å²) in [7, 11) is 0. The van der Waals surface area contributed by atoms with Gasteiger partial charge in [-0.2, -0.15) is 0 Å². The maximum Gasteiger partial charge on any atom is 0.352 e. The van der Waals surface area contributed by atoms with Gasteiger partial charge in [-0.25, -0.2) is 23.5 Å². The van der Waals surface area contributed by atoms with E-state index in [2.05, 4.69) is 46.8 Å². The lowest BCUT2D eigenvalue weighted by Crippen LogP contribution is -2.79. The highest BCUT2D eigenvalue weighted by atomic mass is 16.6. The topological polar surface area (TPSA) is 102 Å². The zero-order chi connectivity index (χ0) is 34.4. The van der Waals surface area contributed by atoms with Crippen molar-refractivity contribution in [3.63, 3.8) is 0 Å². The highest BCUT2D eigenvalue weighted by molar-refractivity contribution is 5.67. The van der Waals surface area contributed by atoms with Crippen molar-refractivity contribution >= 4 is 11.9 Å². The van der Waals surface area contributed by atoms with E-state index < -0.39 is 46.3 Å². The molecule has 2 bridgehead atoms. The molecule has 9 heteroatoms. The minimum absolute atomic E-state index is 0.0349. The van der Waals surface area contributed by atoms with Gasteiger partial charge >= 0.3 is 23.3 Å². The molecule has 10 atom stereocenters. The third kappa shape index (κ3) is 4.33. The molecule has 2 aliphatic heterocycles. The molecule has 4 aliphatic carbocycles. The Balaban J connectivity index is 1.46. The highest BCUT2D eigenvalue weighted by Gasteiger charge is 2.77. The molecular weight excluding hydrogens is 606 g/mol. The number of carbonyl (C=O) groups is 2. The van der Waals surface area contributed by atoms with Crippen molar-refractivity contribution in [3.05, 3.63) is 63.5 Å². The van der Waals surface area contributed by atoms with Crippen LogP contribution < -0.4 is 11.4 Å². The third-order valence-electron chi connectivity index (χ3n) is 13.9. The summed E-state index contributed by atoms with van der Waals surface area (Å²) in [5.41, 5.74) is -2.81. The van der Waals surface area contributed by atoms with Gasteiger partial charge in [-0.15, -0.1) is 0 Å². The normalized spacial score (nSPS) is 38.1. The number of fused-ring (bicyclic) bond motifs is 1. The summed E-state index contributed by atoms with van der Waals surface area (Å²) in [5, 5.41) is 0. The van der Waals surface area contributed by atoms with E-state index in [0.717, 1.165) is 25.7 Å². The van der Waals surface area contributed by atoms with E-state index in [9.17, 15) is 19.2 Å². The maximum atomic E-state index is 15.0. The summed E-state index contributed by atoms with van der Waals surface area (Å²) in [5.74, 6) is 0.969. The second-order valence-corrected chi connectivity index (χ2v) is 16.7. The molecule has 8 rings (SSSR count). The second kappa shape index (κ2) is 11.3. The van der Waals surface area contributed by atoms with Crippen molar-refractivity contribution in [2.75, 3.05) is 0 Å². The molecule has 0 N–H and O–H groups in total. The summed E-state index contributed by atoms with van der Waals surface area (Å²) in [4.78, 5) is 55.0. The van der Waals surface area contributed by atoms with Crippen molar-refractivity contribution in [1.82, 2.24) is 13.9 Å². The van der Waals surface area contributed by atoms with Gasteiger partial charge in [0.15, 0.2) is 0 Å². The Hall–Kier alpha value is -3.36. The fourth-order valence-corrected chi connectivity index (χ4v) is 12.1. The first-order valence-electron chi connectivity index (χ1n) is 18.3. The molecule has 3 heterocycles. The highest BCUT2D eigenvalue weighted by Crippen LogP contribution is 2.74. The first-order chi connectivity index (χ1) is 22.7. The maximum absolute atomic E-state index is 15.0. The van der Waals surface area contributed by atoms with Gasteiger partial charge in [-0.05, 0) is 72.8 Å². The van der Waals surface area contributed by atoms with E-state index in [0.29, 0.717) is 36.3 Å². The molecule has 0 amide bonds. The predicted molar refractivity (Wildman–Crippen MR) is 183 cm³/mol. The van der Waals surface area contributed by atoms with Gasteiger partial charge in [-0.3, -0.25) is 9.59 Å². The monoisotopic (exact) mass is 659 g/mol. The molecule has 2 spiro atoms. The van der Waals surface area contributed by atoms with Crippen LogP contribution in [-0.2, 0) is 30.1 Å². The number of hydrogen-bond acceptors (Lipinski definition) is 6. The van der Waals surface area contributed by atoms with Gasteiger partial charge in [0, 0.05) is 32.1 Å². The number of rotatable bonds is 8. The van der Waals surface area contributed by atoms with E-state index in [1.165, 1.54) is 37.7 Å². The van der Waals surface area contributed by atoms with Crippen LogP contribution in [-0.4, -0.2) is 38.1 Å². The molecule has 2 aromatic rings. The number of aromatic nitrogens is 3. The summed E-state index contributed by atoms with van der Waals surface area (Å²) in [6.45, 7) is 14.4. The number of para-hydroxylation sites is 1. The quantitative estimate of drug-likeness (QED) is 0.242. The number of nitrogens with zero attached hydrogens (tertiary/aromatic N) is 3. The van der Waals surface area contributed by atoms with E-state index in [4.69, 9.17) is 9.47 Å². The first-order valence-corrected chi connectivity index (χ1v) is 18.3. The fourth-order valence-electron chi connectivity index (χ4n) is 12.1. The average Bonchev–Trinajstić information content (AvgIpc) is 3.52. The van der Waals surface area contributed by atoms with Crippen molar-refractivity contribution < 1.29 is 19.1 Å². The molecule has 9 nitrogen and oxygen atoms in total. The Labute approximate surface area is 283 Å². The van der Waals surface area contributed by atoms with Crippen molar-refractivity contribution in [2.24, 2.45) is 40.4 Å². The molecular formula is C39H53N3O6. The number of ether oxygens (including phenoxy) is 2. The van der Waals surface area contributed by atoms with Gasteiger partial charge in [-0.1, -0.05) is 84.2 Å². The lowest BCUT2D eigenvalue weighted by Gasteiger charge is -2.72. The third-order valence-corrected chi connectivity index (χ3v) is 13.9. The minimum atomic E-state index is -1.05. The number of esters is 2. The molecule has 6 aliphatic rings. The van der Waals surface area contributed by atoms with Crippen LogP contribution in [0.2, 0.25) is 0 Å². The number of carbonyl (C=O) groups excluding carboxylic acids is 2. The van der Waals surface area contributed by atoms with Crippen molar-refractivity contribution in [1.29, 1.82) is 0 Å². The van der Waals surface area contributed by atoms with Gasteiger partial charge in [0.05, 0.1) is 16.8 Å². The Morgan fingerprint density at radius 1 is 0.875 bits per heavy atom. The van der Waals surface area contributed by atoms with Crippen LogP contribution in [0.15, 0.2) is 52.1 Å². The lowest BCUT2D eigenvalue weighted by atomic mass is 9.39. The molecule has 0 saturated heterocycles. The first kappa shape index (κ1) is 33.2. The fraction of sp³-hybridized carbons (Fsp3) is 0.692. The van der Waals surface area contributed by atoms with Crippen LogP contribution in [0, 0.1) is 40.4 Å². The molecule has 3 saturated carbocycles. The summed E-state index contributed by atoms with van der Waals surface area (Å²) >= 11 is 0. The average molecular weight is 660 g/mol. The SMILES string of the molecule is CC(=O)O[C@H]1C[C@H](OC(C)=O)[C@]2(C)[C@H]3CC[C@]4(C)[C@@H]([C@H](C)CCCC(C)C)CC[C@H]4[C@@]34C=C[C@]2(C1)n1c(=O)n(-c2ccccc2)c(=O)n14. The van der Waals surface area contributed by atoms with Gasteiger partial charge in [0.25, 0.3) is 0 Å². The molecule has 260 valence electrons. The molecule has 48 heavy (non-hydrogen) atoms. The summed E-state index contributed by atoms with van der Waals surface area (Å²) in [6, 6.07) is 9.16. The number of benzene rings is 1. The Bertz CT molecular complexity index is 1750. The van der Waals surface area contributed by atoms with Crippen molar-refractivity contribution in [2.45, 2.75) is 130 Å². The van der Waals surface area contributed by atoms with Crippen LogP contribution in [0.4, 0.5) is 0 Å². The van der Waals surface area contributed by atoms with E-state index in [-0.39, 0.29) is 22.9 Å². The van der Waals surface area contributed by atoms with Crippen LogP contribution in [0.1, 0.15) is 106 Å². The Kier molecular flexibility index (Phi) is 7.83. The van der Waals surface area contributed by atoms with Gasteiger partial charge in [0.2, 0.25) is 0 Å². The largest absolute Gasteiger partial charge is 0.462 e. The molecule has 1 aromatic heterocycles. The van der Waals surface area contributed by atoms with E-state index in [1.807, 2.05) is 22.9 Å². The second-order valence-electron chi connectivity index (χ2n) is 16.7. The van der Waals surface area contributed by atoms with Crippen LogP contribution in [0.25, 0.3) is 5.69 Å². The molecule has 0 unspecified atom stereocenters. The Morgan fingerprint density at radius 2 is 1.56 bits per heavy atom. The minimum Gasteiger partial charge on any atom is -0.462 e. The zero-order valence-corrected chi connectivity index (χ0v) is 29.7. The van der Waals surface area contributed by atoms with Gasteiger partial charge in [0.1, 0.15) is 12.2 Å². The van der Waals surface area contributed by atoms with E-state index in [1.54, 1.807) is 16.8 Å². The van der Waals surface area contributed by atoms with Crippen LogP contribution in [0.5, 0.6) is 0 Å². The van der Waals surface area contributed by atoms with Crippen LogP contribution in [0.3, 0.4) is 0 Å². The van der Waals surface area contributed by atoms with Gasteiger partial charge < -0.3 is 9.47 Å². The predicted octanol–water partition coefficient (Wildman–Crippen LogP) is 6.34. The number of hydrogen-bond donors (Lipinski definition) is 0. The smallest absolute Gasteiger partial charge is 0.352 e. The molecule has 0 radical (unpaired) electrons. The van der Waals surface area contributed by atoms with Crippen molar-refractivity contribution in [3.8, 4) is 5.69 Å². The molecule has 1 aromatic carbocycles. The Morgan fingerprint density at radius 3 is 2.23 bits per heavy atom. The summed E-state index contributed by atoms with van der Waals surface area (Å²) in [6.07, 6.45) is 11.4. The number of allylic oxidation sites excluding steroid dienone is 2. The standard InChI is InChI=1S/C39H53N3O6/c1-24(2)12-11-13-25(3)30-16-17-31-36(30,6)19-18-32-37(7)33(48-27(5)44)22-29(47-26(4)43)23-38(37)20-21-39(31,32)42-35(46)40(34(45)41(38)42)28-14-9-8-10-15-28/h8-10,14-15,20-21,24-25,29-33H,11-13,16-19,22-23H2,1-7H3/t25-,29+,30-,31-,32-,33+,36-,37+,38-,39+/m1/s1.